The molecule has 6 heavy (non-hydrogen) atoms. The van der Waals surface area contributed by atoms with Gasteiger partial charge in [0.2, 0.25) is 0 Å². The van der Waals surface area contributed by atoms with Gasteiger partial charge in [0.15, 0.2) is 0 Å². The molecule has 0 radical (unpaired) electrons. The summed E-state index contributed by atoms with van der Waals surface area (Å²) in [5.74, 6) is 0.856. The van der Waals surface area contributed by atoms with Crippen LogP contribution in [0.25, 0.3) is 4.85 Å². The molecular formula is C5H8N+. The Bertz CT molecular complexity index is 76.4. The zero-order valence-electron chi connectivity index (χ0n) is 3.72. The van der Waals surface area contributed by atoms with Crippen molar-refractivity contribution in [3.63, 3.8) is 0 Å². The largest absolute Gasteiger partial charge is 0.266 e. The van der Waals surface area contributed by atoms with Gasteiger partial charge in [-0.25, -0.2) is 0 Å². The van der Waals surface area contributed by atoms with Crippen LogP contribution in [0, 0.1) is 12.5 Å². The van der Waals surface area contributed by atoms with Crippen molar-refractivity contribution in [3.8, 4) is 6.57 Å². The summed E-state index contributed by atoms with van der Waals surface area (Å²) < 4.78 is 0. The van der Waals surface area contributed by atoms with Gasteiger partial charge in [-0.3, -0.25) is 0 Å². The number of nitrogens with zero attached hydrogens (tertiary/aromatic N) is 1. The second-order valence-corrected chi connectivity index (χ2v) is 1.81. The first-order valence-electron chi connectivity index (χ1n) is 2.30. The molecule has 1 rings (SSSR count). The molecule has 0 unspecified atom stereocenters. The van der Waals surface area contributed by atoms with Crippen LogP contribution in [0.4, 0.5) is 0 Å². The van der Waals surface area contributed by atoms with Gasteiger partial charge in [-0.15, -0.1) is 0 Å². The van der Waals surface area contributed by atoms with E-state index in [-0.39, 0.29) is 0 Å². The fraction of sp³-hybridized carbons (Fsp3) is 0.800. The van der Waals surface area contributed by atoms with Crippen LogP contribution in [0.1, 0.15) is 12.8 Å². The first-order chi connectivity index (χ1) is 2.93. The van der Waals surface area contributed by atoms with Crippen LogP contribution in [0.15, 0.2) is 0 Å². The zero-order chi connectivity index (χ0) is 4.41. The van der Waals surface area contributed by atoms with Crippen LogP contribution in [0.2, 0.25) is 0 Å². The van der Waals surface area contributed by atoms with Crippen LogP contribution >= 0.6 is 0 Å². The summed E-state index contributed by atoms with van der Waals surface area (Å²) in [5.41, 5.74) is 0. The molecule has 1 saturated carbocycles. The van der Waals surface area contributed by atoms with Crippen molar-refractivity contribution in [1.82, 2.24) is 0 Å². The number of hydrogen-bond acceptors (Lipinski definition) is 0. The van der Waals surface area contributed by atoms with Gasteiger partial charge < -0.3 is 0 Å². The summed E-state index contributed by atoms with van der Waals surface area (Å²) in [4.78, 5) is 3.50. The minimum Gasteiger partial charge on any atom is -0.0866 e. The van der Waals surface area contributed by atoms with E-state index in [0.717, 1.165) is 12.5 Å². The third-order valence-electron chi connectivity index (χ3n) is 1.06. The number of hydrogen-bond donors (Lipinski definition) is 0. The number of rotatable bonds is 1. The van der Waals surface area contributed by atoms with Gasteiger partial charge in [0, 0.05) is 5.92 Å². The highest BCUT2D eigenvalue weighted by atomic mass is 14.7. The van der Waals surface area contributed by atoms with Crippen molar-refractivity contribution in [2.45, 2.75) is 12.8 Å². The van der Waals surface area contributed by atoms with Crippen molar-refractivity contribution in [2.75, 3.05) is 6.54 Å². The molecule has 0 bridgehead atoms. The van der Waals surface area contributed by atoms with E-state index < -0.39 is 0 Å². The van der Waals surface area contributed by atoms with E-state index in [1.54, 1.807) is 0 Å². The molecule has 1 aliphatic carbocycles. The van der Waals surface area contributed by atoms with Gasteiger partial charge in [0.1, 0.15) is 0 Å². The Morgan fingerprint density at radius 1 is 1.67 bits per heavy atom. The van der Waals surface area contributed by atoms with Crippen molar-refractivity contribution in [3.05, 3.63) is 4.85 Å². The Balaban J connectivity index is 2.05. The average molecular weight is 82.1 g/mol. The molecule has 0 aromatic rings. The Hall–Kier alpha value is -0.510. The molecule has 0 aromatic carbocycles. The molecule has 1 heteroatoms. The maximum Gasteiger partial charge on any atom is 0.266 e. The van der Waals surface area contributed by atoms with Gasteiger partial charge in [0.05, 0.1) is 0 Å². The molecule has 0 amide bonds. The first kappa shape index (κ1) is 3.67. The molecule has 1 fully saturated rings. The normalized spacial score (nSPS) is 19.8. The highest BCUT2D eigenvalue weighted by Gasteiger charge is 2.25. The molecule has 0 N–H and O–H groups in total. The predicted octanol–water partition coefficient (Wildman–Crippen LogP) is 1.36. The lowest BCUT2D eigenvalue weighted by Crippen LogP contribution is -1.72. The smallest absolute Gasteiger partial charge is 0.0866 e. The van der Waals surface area contributed by atoms with E-state index in [1.165, 1.54) is 12.8 Å². The SMILES string of the molecule is C#[N+]CC1CC1. The Morgan fingerprint density at radius 2 is 2.33 bits per heavy atom. The van der Waals surface area contributed by atoms with Gasteiger partial charge in [0.25, 0.3) is 13.1 Å². The second-order valence-electron chi connectivity index (χ2n) is 1.81. The second kappa shape index (κ2) is 1.30. The quantitative estimate of drug-likeness (QED) is 0.450. The van der Waals surface area contributed by atoms with Gasteiger partial charge >= 0.3 is 0 Å². The molecular weight excluding hydrogens is 74.1 g/mol. The standard InChI is InChI=1S/C5H8N/c1-6-4-5-2-3-5/h1,5H,2-4H2/q+1. The molecule has 0 heterocycles. The molecule has 0 atom stereocenters. The van der Waals surface area contributed by atoms with E-state index in [9.17, 15) is 0 Å². The molecule has 0 aliphatic heterocycles. The van der Waals surface area contributed by atoms with E-state index in [4.69, 9.17) is 6.57 Å². The van der Waals surface area contributed by atoms with E-state index in [0.29, 0.717) is 0 Å². The van der Waals surface area contributed by atoms with Crippen LogP contribution in [-0.2, 0) is 0 Å². The third kappa shape index (κ3) is 0.718. The maximum atomic E-state index is 4.89. The topological polar surface area (TPSA) is 4.36 Å². The summed E-state index contributed by atoms with van der Waals surface area (Å²) in [7, 11) is 0. The van der Waals surface area contributed by atoms with Crippen LogP contribution in [0.3, 0.4) is 0 Å². The Morgan fingerprint density at radius 3 is 2.50 bits per heavy atom. The van der Waals surface area contributed by atoms with Crippen LogP contribution in [-0.4, -0.2) is 6.54 Å². The molecule has 1 nitrogen and oxygen atoms in total. The first-order valence-corrected chi connectivity index (χ1v) is 2.30. The van der Waals surface area contributed by atoms with Gasteiger partial charge in [-0.05, 0) is 12.8 Å². The summed E-state index contributed by atoms with van der Waals surface area (Å²) in [6.45, 7) is 5.78. The fourth-order valence-corrected chi connectivity index (χ4v) is 0.449. The summed E-state index contributed by atoms with van der Waals surface area (Å²) in [5, 5.41) is 0. The highest BCUT2D eigenvalue weighted by Crippen LogP contribution is 2.28. The lowest BCUT2D eigenvalue weighted by atomic mass is 10.4. The third-order valence-corrected chi connectivity index (χ3v) is 1.06. The van der Waals surface area contributed by atoms with Crippen molar-refractivity contribution in [2.24, 2.45) is 5.92 Å². The van der Waals surface area contributed by atoms with E-state index in [1.807, 2.05) is 0 Å². The molecule has 0 spiro atoms. The average Bonchev–Trinajstić information content (AvgIpc) is 2.21. The molecule has 0 saturated heterocycles. The highest BCUT2D eigenvalue weighted by molar-refractivity contribution is 4.82. The summed E-state index contributed by atoms with van der Waals surface area (Å²) in [6, 6.07) is 0. The van der Waals surface area contributed by atoms with Crippen molar-refractivity contribution >= 4 is 0 Å². The minimum atomic E-state index is 0.856. The zero-order valence-corrected chi connectivity index (χ0v) is 3.72. The van der Waals surface area contributed by atoms with Gasteiger partial charge in [-0.2, -0.15) is 0 Å². The molecule has 32 valence electrons. The lowest BCUT2D eigenvalue weighted by Gasteiger charge is -1.62. The maximum absolute atomic E-state index is 4.89. The van der Waals surface area contributed by atoms with E-state index in [2.05, 4.69) is 4.85 Å². The Kier molecular flexibility index (Phi) is 0.795. The van der Waals surface area contributed by atoms with Crippen molar-refractivity contribution < 1.29 is 0 Å². The summed E-state index contributed by atoms with van der Waals surface area (Å²) >= 11 is 0. The monoisotopic (exact) mass is 82.1 g/mol. The van der Waals surface area contributed by atoms with Crippen molar-refractivity contribution in [1.29, 1.82) is 0 Å². The predicted molar refractivity (Wildman–Crippen MR) is 25.9 cm³/mol. The van der Waals surface area contributed by atoms with Gasteiger partial charge in [-0.1, -0.05) is 4.85 Å². The lowest BCUT2D eigenvalue weighted by molar-refractivity contribution is 0.934. The molecule has 1 aliphatic rings. The van der Waals surface area contributed by atoms with E-state index >= 15 is 0 Å². The Labute approximate surface area is 37.8 Å². The van der Waals surface area contributed by atoms with Crippen LogP contribution in [0.5, 0.6) is 0 Å². The summed E-state index contributed by atoms with van der Waals surface area (Å²) in [6.07, 6.45) is 2.70. The molecule has 0 aromatic heterocycles. The van der Waals surface area contributed by atoms with Crippen LogP contribution < -0.4 is 0 Å². The minimum absolute atomic E-state index is 0.856. The fourth-order valence-electron chi connectivity index (χ4n) is 0.449.